The molecule has 1 N–H and O–H groups in total. The fourth-order valence-electron chi connectivity index (χ4n) is 9.07. The van der Waals surface area contributed by atoms with E-state index in [0.29, 0.717) is 25.0 Å². The van der Waals surface area contributed by atoms with Crippen LogP contribution in [-0.2, 0) is 28.7 Å². The molecule has 196 valence electrons. The Morgan fingerprint density at radius 1 is 1.03 bits per heavy atom. The van der Waals surface area contributed by atoms with Crippen LogP contribution in [0.1, 0.15) is 92.4 Å². The van der Waals surface area contributed by atoms with Gasteiger partial charge in [0.1, 0.15) is 18.0 Å². The summed E-state index contributed by atoms with van der Waals surface area (Å²) in [5.74, 6) is -0.233. The van der Waals surface area contributed by atoms with Gasteiger partial charge in [0.15, 0.2) is 0 Å². The topological polar surface area (TPSA) is 107 Å². The summed E-state index contributed by atoms with van der Waals surface area (Å²) in [6.45, 7) is 9.53. The van der Waals surface area contributed by atoms with E-state index in [2.05, 4.69) is 20.8 Å². The van der Waals surface area contributed by atoms with Gasteiger partial charge in [-0.25, -0.2) is 0 Å². The molecule has 4 saturated carbocycles. The monoisotopic (exact) mass is 490 g/mol. The van der Waals surface area contributed by atoms with Crippen molar-refractivity contribution in [3.63, 3.8) is 0 Å². The van der Waals surface area contributed by atoms with Gasteiger partial charge in [0.05, 0.1) is 0 Å². The van der Waals surface area contributed by atoms with E-state index >= 15 is 0 Å². The minimum Gasteiger partial charge on any atom is -0.481 e. The average Bonchev–Trinajstić information content (AvgIpc) is 3.11. The van der Waals surface area contributed by atoms with Crippen molar-refractivity contribution in [3.05, 3.63) is 0 Å². The molecule has 4 aliphatic rings. The maximum Gasteiger partial charge on any atom is 0.303 e. The molecule has 0 saturated heterocycles. The normalized spacial score (nSPS) is 43.3. The number of ether oxygens (including phenoxy) is 2. The molecule has 7 nitrogen and oxygen atoms in total. The SMILES string of the molecule is CC(=O)O[C@@H]1CC[C@@]2(C)[C@H](CC(=O)[C@@H]3[C@@H]2C[C@H](OC(C)=O)[C@]2(C)[C@@H]([C@@H](C)CCC(=O)O)CC[C@@H]32)C1. The first kappa shape index (κ1) is 26.2. The number of carboxylic acids is 1. The van der Waals surface area contributed by atoms with Gasteiger partial charge in [-0.05, 0) is 80.0 Å². The number of fused-ring (bicyclic) bond motifs is 5. The van der Waals surface area contributed by atoms with Crippen molar-refractivity contribution in [2.45, 2.75) is 105 Å². The molecule has 0 unspecified atom stereocenters. The van der Waals surface area contributed by atoms with Crippen LogP contribution in [0.2, 0.25) is 0 Å². The van der Waals surface area contributed by atoms with E-state index in [-0.39, 0.29) is 76.9 Å². The number of hydrogen-bond donors (Lipinski definition) is 1. The second-order valence-electron chi connectivity index (χ2n) is 12.4. The van der Waals surface area contributed by atoms with Crippen LogP contribution >= 0.6 is 0 Å². The molecule has 0 heterocycles. The molecule has 0 radical (unpaired) electrons. The number of carbonyl (C=O) groups excluding carboxylic acids is 3. The van der Waals surface area contributed by atoms with Crippen LogP contribution in [0, 0.1) is 46.3 Å². The number of esters is 2. The largest absolute Gasteiger partial charge is 0.481 e. The summed E-state index contributed by atoms with van der Waals surface area (Å²) in [6, 6.07) is 0. The molecule has 35 heavy (non-hydrogen) atoms. The number of rotatable bonds is 6. The van der Waals surface area contributed by atoms with E-state index < -0.39 is 5.97 Å². The van der Waals surface area contributed by atoms with Crippen molar-refractivity contribution in [3.8, 4) is 0 Å². The molecule has 4 rings (SSSR count). The van der Waals surface area contributed by atoms with Crippen LogP contribution < -0.4 is 0 Å². The van der Waals surface area contributed by atoms with Gasteiger partial charge in [-0.2, -0.15) is 0 Å². The number of aliphatic carboxylic acids is 1. The summed E-state index contributed by atoms with van der Waals surface area (Å²) >= 11 is 0. The summed E-state index contributed by atoms with van der Waals surface area (Å²) in [5.41, 5.74) is -0.388. The number of carboxylic acid groups (broad SMARTS) is 1. The van der Waals surface area contributed by atoms with Crippen LogP contribution in [0.4, 0.5) is 0 Å². The van der Waals surface area contributed by atoms with Crippen LogP contribution in [0.3, 0.4) is 0 Å². The Balaban J connectivity index is 1.65. The van der Waals surface area contributed by atoms with Crippen LogP contribution in [0.25, 0.3) is 0 Å². The zero-order valence-corrected chi connectivity index (χ0v) is 21.9. The van der Waals surface area contributed by atoms with Crippen LogP contribution in [0.5, 0.6) is 0 Å². The highest BCUT2D eigenvalue weighted by Crippen LogP contribution is 2.68. The maximum atomic E-state index is 13.8. The third-order valence-corrected chi connectivity index (χ3v) is 10.7. The molecule has 0 aromatic rings. The summed E-state index contributed by atoms with van der Waals surface area (Å²) in [7, 11) is 0. The molecule has 0 bridgehead atoms. The summed E-state index contributed by atoms with van der Waals surface area (Å²) in [6.07, 6.45) is 5.80. The quantitative estimate of drug-likeness (QED) is 0.533. The molecule has 0 spiro atoms. The van der Waals surface area contributed by atoms with Gasteiger partial charge in [-0.15, -0.1) is 0 Å². The molecule has 0 aliphatic heterocycles. The highest BCUT2D eigenvalue weighted by molar-refractivity contribution is 5.83. The third kappa shape index (κ3) is 4.53. The lowest BCUT2D eigenvalue weighted by atomic mass is 9.43. The smallest absolute Gasteiger partial charge is 0.303 e. The summed E-state index contributed by atoms with van der Waals surface area (Å²) < 4.78 is 11.6. The first-order valence-corrected chi connectivity index (χ1v) is 13.5. The number of ketones is 1. The van der Waals surface area contributed by atoms with Crippen molar-refractivity contribution < 1.29 is 33.8 Å². The standard InChI is InChI=1S/C28H42O7/c1-15(6-9-25(32)33)20-7-8-21-26-22(14-24(28(20,21)5)35-17(3)30)27(4)11-10-19(34-16(2)29)12-18(27)13-23(26)31/h15,18-22,24,26H,6-14H2,1-5H3,(H,32,33)/t15-,18-,19+,20+,21-,22-,24-,26-,27-,28+/m0/s1. The van der Waals surface area contributed by atoms with Gasteiger partial charge in [0, 0.05) is 38.0 Å². The van der Waals surface area contributed by atoms with E-state index in [1.807, 2.05) is 0 Å². The molecule has 0 aromatic carbocycles. The molecule has 4 aliphatic carbocycles. The number of carbonyl (C=O) groups is 4. The minimum absolute atomic E-state index is 0.0463. The van der Waals surface area contributed by atoms with Gasteiger partial charge in [-0.3, -0.25) is 19.2 Å². The summed E-state index contributed by atoms with van der Waals surface area (Å²) in [5, 5.41) is 9.23. The Bertz CT molecular complexity index is 883. The highest BCUT2D eigenvalue weighted by Gasteiger charge is 2.67. The van der Waals surface area contributed by atoms with Crippen LogP contribution in [-0.4, -0.2) is 41.0 Å². The van der Waals surface area contributed by atoms with Crippen LogP contribution in [0.15, 0.2) is 0 Å². The molecular formula is C28H42O7. The van der Waals surface area contributed by atoms with Gasteiger partial charge >= 0.3 is 17.9 Å². The van der Waals surface area contributed by atoms with Gasteiger partial charge < -0.3 is 14.6 Å². The lowest BCUT2D eigenvalue weighted by molar-refractivity contribution is -0.197. The van der Waals surface area contributed by atoms with Crippen molar-refractivity contribution in [1.82, 2.24) is 0 Å². The predicted octanol–water partition coefficient (Wildman–Crippen LogP) is 4.80. The fraction of sp³-hybridized carbons (Fsp3) is 0.857. The van der Waals surface area contributed by atoms with E-state index in [1.54, 1.807) is 0 Å². The molecule has 0 aromatic heterocycles. The Morgan fingerprint density at radius 3 is 2.34 bits per heavy atom. The number of Topliss-reactive ketones (excluding diaryl/α,β-unsaturated/α-hetero) is 1. The molecule has 4 fully saturated rings. The average molecular weight is 491 g/mol. The zero-order valence-electron chi connectivity index (χ0n) is 21.9. The van der Waals surface area contributed by atoms with Crippen molar-refractivity contribution in [2.75, 3.05) is 0 Å². The first-order chi connectivity index (χ1) is 16.4. The van der Waals surface area contributed by atoms with Crippen molar-refractivity contribution in [1.29, 1.82) is 0 Å². The Hall–Kier alpha value is -1.92. The van der Waals surface area contributed by atoms with E-state index in [1.165, 1.54) is 13.8 Å². The lowest BCUT2D eigenvalue weighted by Crippen LogP contribution is -2.62. The Labute approximate surface area is 208 Å². The summed E-state index contributed by atoms with van der Waals surface area (Å²) in [4.78, 5) is 48.8. The Kier molecular flexibility index (Phi) is 7.11. The van der Waals surface area contributed by atoms with Crippen molar-refractivity contribution in [2.24, 2.45) is 46.3 Å². The first-order valence-electron chi connectivity index (χ1n) is 13.5. The molecule has 0 amide bonds. The predicted molar refractivity (Wildman–Crippen MR) is 128 cm³/mol. The Morgan fingerprint density at radius 2 is 1.71 bits per heavy atom. The second-order valence-corrected chi connectivity index (χ2v) is 12.4. The number of hydrogen-bond acceptors (Lipinski definition) is 6. The van der Waals surface area contributed by atoms with E-state index in [0.717, 1.165) is 32.1 Å². The van der Waals surface area contributed by atoms with Crippen molar-refractivity contribution >= 4 is 23.7 Å². The minimum atomic E-state index is -0.789. The zero-order chi connectivity index (χ0) is 25.7. The third-order valence-electron chi connectivity index (χ3n) is 10.7. The highest BCUT2D eigenvalue weighted by atomic mass is 16.5. The lowest BCUT2D eigenvalue weighted by Gasteiger charge is -2.62. The van der Waals surface area contributed by atoms with Gasteiger partial charge in [-0.1, -0.05) is 20.8 Å². The van der Waals surface area contributed by atoms with E-state index in [4.69, 9.17) is 9.47 Å². The fourth-order valence-corrected chi connectivity index (χ4v) is 9.07. The maximum absolute atomic E-state index is 13.8. The molecular weight excluding hydrogens is 448 g/mol. The second kappa shape index (κ2) is 9.51. The van der Waals surface area contributed by atoms with Gasteiger partial charge in [0.2, 0.25) is 0 Å². The molecule has 10 atom stereocenters. The molecule has 7 heteroatoms. The van der Waals surface area contributed by atoms with E-state index in [9.17, 15) is 24.3 Å². The van der Waals surface area contributed by atoms with Gasteiger partial charge in [0.25, 0.3) is 0 Å².